The molecule has 2 atom stereocenters. The maximum Gasteiger partial charge on any atom is 0.220 e. The minimum Gasteiger partial charge on any atom is -0.508 e. The van der Waals surface area contributed by atoms with Gasteiger partial charge in [-0.1, -0.05) is 12.1 Å². The van der Waals surface area contributed by atoms with Crippen molar-refractivity contribution in [1.82, 2.24) is 0 Å². The van der Waals surface area contributed by atoms with E-state index in [-0.39, 0.29) is 16.9 Å². The molecular formula is C11H13NO5. The number of aromatic hydroxyl groups is 1. The highest BCUT2D eigenvalue weighted by Gasteiger charge is 2.25. The van der Waals surface area contributed by atoms with E-state index < -0.39 is 24.5 Å². The van der Waals surface area contributed by atoms with Crippen molar-refractivity contribution < 1.29 is 24.9 Å². The van der Waals surface area contributed by atoms with Crippen LogP contribution in [0.25, 0.3) is 0 Å². The molecule has 0 spiro atoms. The van der Waals surface area contributed by atoms with Crippen molar-refractivity contribution in [3.05, 3.63) is 29.3 Å². The van der Waals surface area contributed by atoms with Gasteiger partial charge in [0.2, 0.25) is 5.91 Å². The summed E-state index contributed by atoms with van der Waals surface area (Å²) in [6.07, 6.45) is -3.05. The average Bonchev–Trinajstić information content (AvgIpc) is 2.26. The van der Waals surface area contributed by atoms with E-state index >= 15 is 0 Å². The first-order valence-electron chi connectivity index (χ1n) is 4.89. The Balaban J connectivity index is 3.06. The highest BCUT2D eigenvalue weighted by atomic mass is 16.3. The van der Waals surface area contributed by atoms with Crippen LogP contribution in [-0.4, -0.2) is 33.6 Å². The van der Waals surface area contributed by atoms with Crippen molar-refractivity contribution in [2.24, 2.45) is 5.73 Å². The van der Waals surface area contributed by atoms with Crippen LogP contribution in [0.15, 0.2) is 18.2 Å². The van der Waals surface area contributed by atoms with Crippen LogP contribution in [0.4, 0.5) is 0 Å². The zero-order valence-electron chi connectivity index (χ0n) is 8.91. The zero-order chi connectivity index (χ0) is 13.0. The van der Waals surface area contributed by atoms with Gasteiger partial charge >= 0.3 is 0 Å². The quantitative estimate of drug-likeness (QED) is 0.515. The molecule has 0 aliphatic carbocycles. The molecule has 6 heteroatoms. The largest absolute Gasteiger partial charge is 0.508 e. The number of aliphatic hydroxyl groups is 2. The summed E-state index contributed by atoms with van der Waals surface area (Å²) in [7, 11) is 0. The van der Waals surface area contributed by atoms with E-state index in [4.69, 9.17) is 5.73 Å². The molecule has 0 radical (unpaired) electrons. The third-order valence-electron chi connectivity index (χ3n) is 2.31. The lowest BCUT2D eigenvalue weighted by atomic mass is 9.96. The number of carbonyl (C=O) groups is 2. The normalized spacial score (nSPS) is 14.0. The number of carbonyl (C=O) groups excluding carboxylic acids is 2. The fourth-order valence-corrected chi connectivity index (χ4v) is 1.51. The number of hydrogen-bond donors (Lipinski definition) is 4. The second-order valence-electron chi connectivity index (χ2n) is 3.58. The SMILES string of the molecule is NC(=O)CC(O)C(O)c1c(O)cccc1C=O. The van der Waals surface area contributed by atoms with Crippen molar-refractivity contribution in [3.63, 3.8) is 0 Å². The first-order valence-corrected chi connectivity index (χ1v) is 4.89. The van der Waals surface area contributed by atoms with Gasteiger partial charge < -0.3 is 21.1 Å². The summed E-state index contributed by atoms with van der Waals surface area (Å²) in [4.78, 5) is 21.3. The molecule has 0 aromatic heterocycles. The fourth-order valence-electron chi connectivity index (χ4n) is 1.51. The minimum absolute atomic E-state index is 0.0426. The van der Waals surface area contributed by atoms with Crippen molar-refractivity contribution >= 4 is 12.2 Å². The van der Waals surface area contributed by atoms with E-state index in [2.05, 4.69) is 0 Å². The Labute approximate surface area is 97.3 Å². The number of amides is 1. The third kappa shape index (κ3) is 3.02. The summed E-state index contributed by atoms with van der Waals surface area (Å²) in [5.41, 5.74) is 4.80. The van der Waals surface area contributed by atoms with E-state index in [9.17, 15) is 24.9 Å². The third-order valence-corrected chi connectivity index (χ3v) is 2.31. The van der Waals surface area contributed by atoms with Gasteiger partial charge in [0.15, 0.2) is 6.29 Å². The van der Waals surface area contributed by atoms with Crippen LogP contribution in [0.1, 0.15) is 28.4 Å². The van der Waals surface area contributed by atoms with Crippen LogP contribution in [0.5, 0.6) is 5.75 Å². The number of aldehydes is 1. The molecule has 0 saturated heterocycles. The second kappa shape index (κ2) is 5.42. The summed E-state index contributed by atoms with van der Waals surface area (Å²) in [6.45, 7) is 0. The van der Waals surface area contributed by atoms with E-state index in [0.29, 0.717) is 6.29 Å². The topological polar surface area (TPSA) is 121 Å². The first kappa shape index (κ1) is 13.1. The molecule has 1 aromatic rings. The van der Waals surface area contributed by atoms with Crippen LogP contribution in [0.3, 0.4) is 0 Å². The predicted octanol–water partition coefficient (Wildman–Crippen LogP) is -0.526. The highest BCUT2D eigenvalue weighted by Crippen LogP contribution is 2.29. The van der Waals surface area contributed by atoms with E-state index in [0.717, 1.165) is 0 Å². The predicted molar refractivity (Wildman–Crippen MR) is 58.3 cm³/mol. The van der Waals surface area contributed by atoms with E-state index in [1.54, 1.807) is 0 Å². The molecular weight excluding hydrogens is 226 g/mol. The Morgan fingerprint density at radius 1 is 1.41 bits per heavy atom. The van der Waals surface area contributed by atoms with Gasteiger partial charge in [-0.15, -0.1) is 0 Å². The molecule has 0 bridgehead atoms. The monoisotopic (exact) mass is 239 g/mol. The maximum atomic E-state index is 10.7. The van der Waals surface area contributed by atoms with Crippen LogP contribution in [-0.2, 0) is 4.79 Å². The molecule has 17 heavy (non-hydrogen) atoms. The molecule has 6 nitrogen and oxygen atoms in total. The summed E-state index contributed by atoms with van der Waals surface area (Å²) in [5, 5.41) is 28.8. The Kier molecular flexibility index (Phi) is 4.19. The molecule has 2 unspecified atom stereocenters. The molecule has 0 aliphatic rings. The van der Waals surface area contributed by atoms with E-state index in [1.165, 1.54) is 18.2 Å². The van der Waals surface area contributed by atoms with Crippen molar-refractivity contribution in [2.45, 2.75) is 18.6 Å². The maximum absolute atomic E-state index is 10.7. The lowest BCUT2D eigenvalue weighted by Crippen LogP contribution is -2.26. The lowest BCUT2D eigenvalue weighted by molar-refractivity contribution is -0.121. The molecule has 0 heterocycles. The average molecular weight is 239 g/mol. The number of nitrogens with two attached hydrogens (primary N) is 1. The fraction of sp³-hybridized carbons (Fsp3) is 0.273. The number of aliphatic hydroxyl groups excluding tert-OH is 2. The first-order chi connectivity index (χ1) is 7.97. The summed E-state index contributed by atoms with van der Waals surface area (Å²) in [6, 6.07) is 4.07. The molecule has 92 valence electrons. The Bertz CT molecular complexity index is 432. The van der Waals surface area contributed by atoms with Crippen LogP contribution in [0.2, 0.25) is 0 Å². The number of benzene rings is 1. The van der Waals surface area contributed by atoms with Gasteiger partial charge in [0, 0.05) is 11.1 Å². The van der Waals surface area contributed by atoms with Gasteiger partial charge in [0.05, 0.1) is 12.5 Å². The molecule has 1 rings (SSSR count). The standard InChI is InChI=1S/C11H13NO5/c12-9(16)4-8(15)11(17)10-6(5-13)2-1-3-7(10)14/h1-3,5,8,11,14-15,17H,4H2,(H2,12,16). The number of primary amides is 1. The molecule has 0 saturated carbocycles. The minimum atomic E-state index is -1.55. The van der Waals surface area contributed by atoms with Gasteiger partial charge in [0.1, 0.15) is 11.9 Å². The van der Waals surface area contributed by atoms with Crippen LogP contribution >= 0.6 is 0 Å². The number of phenols is 1. The second-order valence-corrected chi connectivity index (χ2v) is 3.58. The van der Waals surface area contributed by atoms with Gasteiger partial charge in [0.25, 0.3) is 0 Å². The molecule has 5 N–H and O–H groups in total. The molecule has 0 fully saturated rings. The van der Waals surface area contributed by atoms with Crippen molar-refractivity contribution in [2.75, 3.05) is 0 Å². The summed E-state index contributed by atoms with van der Waals surface area (Å²) >= 11 is 0. The van der Waals surface area contributed by atoms with Crippen molar-refractivity contribution in [1.29, 1.82) is 0 Å². The number of hydrogen-bond acceptors (Lipinski definition) is 5. The van der Waals surface area contributed by atoms with Gasteiger partial charge in [-0.05, 0) is 6.07 Å². The lowest BCUT2D eigenvalue weighted by Gasteiger charge is -2.19. The smallest absolute Gasteiger partial charge is 0.220 e. The highest BCUT2D eigenvalue weighted by molar-refractivity contribution is 5.79. The van der Waals surface area contributed by atoms with Gasteiger partial charge in [-0.25, -0.2) is 0 Å². The van der Waals surface area contributed by atoms with Crippen molar-refractivity contribution in [3.8, 4) is 5.75 Å². The van der Waals surface area contributed by atoms with Crippen LogP contribution < -0.4 is 5.73 Å². The summed E-state index contributed by atoms with van der Waals surface area (Å²) < 4.78 is 0. The Hall–Kier alpha value is -1.92. The zero-order valence-corrected chi connectivity index (χ0v) is 8.91. The Morgan fingerprint density at radius 3 is 2.59 bits per heavy atom. The van der Waals surface area contributed by atoms with Gasteiger partial charge in [-0.2, -0.15) is 0 Å². The number of phenolic OH excluding ortho intramolecular Hbond substituents is 1. The molecule has 0 aliphatic heterocycles. The number of rotatable bonds is 5. The van der Waals surface area contributed by atoms with E-state index in [1.807, 2.05) is 0 Å². The Morgan fingerprint density at radius 2 is 2.06 bits per heavy atom. The van der Waals surface area contributed by atoms with Crippen LogP contribution in [0, 0.1) is 0 Å². The molecule has 1 amide bonds. The molecule has 1 aromatic carbocycles. The van der Waals surface area contributed by atoms with Gasteiger partial charge in [-0.3, -0.25) is 9.59 Å². The summed E-state index contributed by atoms with van der Waals surface area (Å²) in [5.74, 6) is -1.12.